The van der Waals surface area contributed by atoms with E-state index in [2.05, 4.69) is 33.3 Å². The lowest BCUT2D eigenvalue weighted by molar-refractivity contribution is 0.394. The van der Waals surface area contributed by atoms with Gasteiger partial charge in [0.25, 0.3) is 0 Å². The molecule has 114 valence electrons. The molecule has 1 aromatic heterocycles. The minimum atomic E-state index is 0.667. The maximum absolute atomic E-state index is 5.27. The average Bonchev–Trinajstić information content (AvgIpc) is 2.78. The molecule has 0 aliphatic carbocycles. The number of nitrogens with zero attached hydrogens (tertiary/aromatic N) is 2. The second kappa shape index (κ2) is 6.85. The lowest BCUT2D eigenvalue weighted by Crippen LogP contribution is -2.06. The summed E-state index contributed by atoms with van der Waals surface area (Å²) in [6, 6.07) is 5.72. The van der Waals surface area contributed by atoms with Crippen LogP contribution in [0.15, 0.2) is 22.7 Å². The van der Waals surface area contributed by atoms with E-state index in [4.69, 9.17) is 9.47 Å². The molecule has 1 aromatic carbocycles. The Labute approximate surface area is 133 Å². The fraction of sp³-hybridized carbons (Fsp3) is 0.400. The molecule has 0 aliphatic heterocycles. The number of halogens is 1. The highest BCUT2D eigenvalue weighted by molar-refractivity contribution is 9.10. The molecule has 0 radical (unpaired) electrons. The highest BCUT2D eigenvalue weighted by atomic mass is 79.9. The average molecular weight is 354 g/mol. The minimum absolute atomic E-state index is 0.667. The standard InChI is InChI=1S/C15H20BrN3O2/c1-5-13-15(16)14(19(2)18-13)9-17-10-6-11(20-3)8-12(7-10)21-4/h6-8,17H,5,9H2,1-4H3. The molecule has 0 spiro atoms. The summed E-state index contributed by atoms with van der Waals surface area (Å²) in [4.78, 5) is 0. The van der Waals surface area contributed by atoms with Crippen molar-refractivity contribution in [3.63, 3.8) is 0 Å². The van der Waals surface area contributed by atoms with Crippen LogP contribution in [0.3, 0.4) is 0 Å². The van der Waals surface area contributed by atoms with Crippen molar-refractivity contribution in [3.05, 3.63) is 34.1 Å². The fourth-order valence-corrected chi connectivity index (χ4v) is 2.86. The van der Waals surface area contributed by atoms with Gasteiger partial charge in [-0.3, -0.25) is 4.68 Å². The Morgan fingerprint density at radius 1 is 1.19 bits per heavy atom. The van der Waals surface area contributed by atoms with Crippen molar-refractivity contribution in [2.45, 2.75) is 19.9 Å². The van der Waals surface area contributed by atoms with E-state index in [-0.39, 0.29) is 0 Å². The number of hydrogen-bond acceptors (Lipinski definition) is 4. The van der Waals surface area contributed by atoms with Gasteiger partial charge < -0.3 is 14.8 Å². The lowest BCUT2D eigenvalue weighted by Gasteiger charge is -2.11. The molecule has 0 bridgehead atoms. The number of benzene rings is 1. The SMILES string of the molecule is CCc1nn(C)c(CNc2cc(OC)cc(OC)c2)c1Br. The van der Waals surface area contributed by atoms with Gasteiger partial charge in [0.15, 0.2) is 0 Å². The summed E-state index contributed by atoms with van der Waals surface area (Å²) in [5.74, 6) is 1.52. The molecule has 0 amide bonds. The van der Waals surface area contributed by atoms with Gasteiger partial charge in [-0.25, -0.2) is 0 Å². The molecular formula is C15H20BrN3O2. The van der Waals surface area contributed by atoms with Crippen molar-refractivity contribution >= 4 is 21.6 Å². The van der Waals surface area contributed by atoms with Crippen LogP contribution in [0, 0.1) is 0 Å². The van der Waals surface area contributed by atoms with Gasteiger partial charge in [-0.2, -0.15) is 5.10 Å². The number of aryl methyl sites for hydroxylation is 2. The van der Waals surface area contributed by atoms with E-state index < -0.39 is 0 Å². The lowest BCUT2D eigenvalue weighted by atomic mass is 10.2. The first kappa shape index (κ1) is 15.7. The van der Waals surface area contributed by atoms with Crippen LogP contribution in [0.2, 0.25) is 0 Å². The highest BCUT2D eigenvalue weighted by Crippen LogP contribution is 2.27. The Balaban J connectivity index is 2.18. The minimum Gasteiger partial charge on any atom is -0.497 e. The van der Waals surface area contributed by atoms with Gasteiger partial charge >= 0.3 is 0 Å². The largest absolute Gasteiger partial charge is 0.497 e. The van der Waals surface area contributed by atoms with E-state index in [9.17, 15) is 0 Å². The van der Waals surface area contributed by atoms with Crippen LogP contribution in [0.25, 0.3) is 0 Å². The second-order valence-electron chi connectivity index (χ2n) is 4.64. The van der Waals surface area contributed by atoms with Crippen molar-refractivity contribution < 1.29 is 9.47 Å². The third-order valence-electron chi connectivity index (χ3n) is 3.31. The Bertz CT molecular complexity index is 603. The Morgan fingerprint density at radius 2 is 1.81 bits per heavy atom. The van der Waals surface area contributed by atoms with Crippen LogP contribution in [0.5, 0.6) is 11.5 Å². The number of methoxy groups -OCH3 is 2. The molecule has 1 heterocycles. The molecular weight excluding hydrogens is 334 g/mol. The molecule has 2 aromatic rings. The summed E-state index contributed by atoms with van der Waals surface area (Å²) in [6.07, 6.45) is 0.904. The number of rotatable bonds is 6. The van der Waals surface area contributed by atoms with E-state index in [0.717, 1.165) is 39.5 Å². The van der Waals surface area contributed by atoms with E-state index in [1.165, 1.54) is 0 Å². The van der Waals surface area contributed by atoms with Crippen LogP contribution in [-0.4, -0.2) is 24.0 Å². The Morgan fingerprint density at radius 3 is 2.29 bits per heavy atom. The predicted octanol–water partition coefficient (Wildman–Crippen LogP) is 3.37. The second-order valence-corrected chi connectivity index (χ2v) is 5.43. The van der Waals surface area contributed by atoms with Gasteiger partial charge in [0.1, 0.15) is 11.5 Å². The third kappa shape index (κ3) is 3.50. The quantitative estimate of drug-likeness (QED) is 0.864. The molecule has 0 aliphatic rings. The van der Waals surface area contributed by atoms with Crippen LogP contribution < -0.4 is 14.8 Å². The normalized spacial score (nSPS) is 10.5. The van der Waals surface area contributed by atoms with E-state index in [1.807, 2.05) is 29.9 Å². The van der Waals surface area contributed by atoms with Crippen LogP contribution in [-0.2, 0) is 20.0 Å². The Kier molecular flexibility index (Phi) is 5.12. The highest BCUT2D eigenvalue weighted by Gasteiger charge is 2.12. The summed E-state index contributed by atoms with van der Waals surface area (Å²) in [6.45, 7) is 2.76. The number of hydrogen-bond donors (Lipinski definition) is 1. The zero-order valence-electron chi connectivity index (χ0n) is 12.7. The number of ether oxygens (including phenoxy) is 2. The summed E-state index contributed by atoms with van der Waals surface area (Å²) in [5, 5.41) is 7.87. The van der Waals surface area contributed by atoms with Gasteiger partial charge in [0.05, 0.1) is 36.6 Å². The van der Waals surface area contributed by atoms with Gasteiger partial charge in [-0.1, -0.05) is 6.92 Å². The van der Waals surface area contributed by atoms with Crippen molar-refractivity contribution in [3.8, 4) is 11.5 Å². The summed E-state index contributed by atoms with van der Waals surface area (Å²) < 4.78 is 13.5. The van der Waals surface area contributed by atoms with E-state index in [1.54, 1.807) is 14.2 Å². The van der Waals surface area contributed by atoms with Crippen molar-refractivity contribution in [2.75, 3.05) is 19.5 Å². The third-order valence-corrected chi connectivity index (χ3v) is 4.23. The number of nitrogens with one attached hydrogen (secondary N) is 1. The molecule has 1 N–H and O–H groups in total. The number of anilines is 1. The molecule has 0 unspecified atom stereocenters. The van der Waals surface area contributed by atoms with Gasteiger partial charge in [0.2, 0.25) is 0 Å². The molecule has 2 rings (SSSR count). The maximum Gasteiger partial charge on any atom is 0.124 e. The van der Waals surface area contributed by atoms with Crippen molar-refractivity contribution in [2.24, 2.45) is 7.05 Å². The molecule has 0 saturated carbocycles. The monoisotopic (exact) mass is 353 g/mol. The van der Waals surface area contributed by atoms with Crippen LogP contribution in [0.4, 0.5) is 5.69 Å². The fourth-order valence-electron chi connectivity index (χ4n) is 2.11. The van der Waals surface area contributed by atoms with Crippen LogP contribution in [0.1, 0.15) is 18.3 Å². The molecule has 21 heavy (non-hydrogen) atoms. The first-order chi connectivity index (χ1) is 10.1. The van der Waals surface area contributed by atoms with Crippen molar-refractivity contribution in [1.82, 2.24) is 9.78 Å². The Hall–Kier alpha value is -1.69. The summed E-state index contributed by atoms with van der Waals surface area (Å²) >= 11 is 3.62. The smallest absolute Gasteiger partial charge is 0.124 e. The number of aromatic nitrogens is 2. The maximum atomic E-state index is 5.27. The summed E-state index contributed by atoms with van der Waals surface area (Å²) in [5.41, 5.74) is 3.11. The van der Waals surface area contributed by atoms with E-state index >= 15 is 0 Å². The van der Waals surface area contributed by atoms with E-state index in [0.29, 0.717) is 6.54 Å². The van der Waals surface area contributed by atoms with Gasteiger partial charge in [0, 0.05) is 30.9 Å². The molecule has 6 heteroatoms. The molecule has 0 fully saturated rings. The van der Waals surface area contributed by atoms with Gasteiger partial charge in [-0.15, -0.1) is 0 Å². The molecule has 5 nitrogen and oxygen atoms in total. The first-order valence-electron chi connectivity index (χ1n) is 6.76. The molecule has 0 atom stereocenters. The zero-order valence-corrected chi connectivity index (χ0v) is 14.3. The zero-order chi connectivity index (χ0) is 15.4. The summed E-state index contributed by atoms with van der Waals surface area (Å²) in [7, 11) is 5.24. The predicted molar refractivity (Wildman–Crippen MR) is 87.2 cm³/mol. The molecule has 0 saturated heterocycles. The van der Waals surface area contributed by atoms with Gasteiger partial charge in [-0.05, 0) is 22.4 Å². The first-order valence-corrected chi connectivity index (χ1v) is 7.55. The van der Waals surface area contributed by atoms with Crippen LogP contribution >= 0.6 is 15.9 Å². The topological polar surface area (TPSA) is 48.3 Å². The van der Waals surface area contributed by atoms with Crippen molar-refractivity contribution in [1.29, 1.82) is 0 Å².